The zero-order valence-electron chi connectivity index (χ0n) is 13.0. The number of nitrogens with zero attached hydrogens (tertiary/aromatic N) is 1. The highest BCUT2D eigenvalue weighted by Crippen LogP contribution is 2.39. The van der Waals surface area contributed by atoms with E-state index in [1.807, 2.05) is 12.1 Å². The first-order valence-corrected chi connectivity index (χ1v) is 9.10. The zero-order valence-corrected chi connectivity index (χ0v) is 15.5. The summed E-state index contributed by atoms with van der Waals surface area (Å²) in [5.41, 5.74) is 7.59. The summed E-state index contributed by atoms with van der Waals surface area (Å²) < 4.78 is 6.30. The van der Waals surface area contributed by atoms with E-state index in [1.165, 1.54) is 0 Å². The fourth-order valence-electron chi connectivity index (χ4n) is 2.32. The summed E-state index contributed by atoms with van der Waals surface area (Å²) in [6, 6.07) is 5.19. The Balaban J connectivity index is 1.94. The largest absolute Gasteiger partial charge is 0.467 e. The molecule has 0 saturated carbocycles. The minimum absolute atomic E-state index is 0.348. The molecule has 0 aliphatic rings. The van der Waals surface area contributed by atoms with Crippen molar-refractivity contribution in [1.29, 1.82) is 0 Å². The van der Waals surface area contributed by atoms with Gasteiger partial charge in [0.1, 0.15) is 10.9 Å². The second kappa shape index (κ2) is 7.33. The van der Waals surface area contributed by atoms with Crippen LogP contribution < -0.4 is 11.1 Å². The summed E-state index contributed by atoms with van der Waals surface area (Å²) in [4.78, 5) is 6.13. The van der Waals surface area contributed by atoms with E-state index in [0.717, 1.165) is 31.4 Å². The Morgan fingerprint density at radius 1 is 1.54 bits per heavy atom. The van der Waals surface area contributed by atoms with Crippen LogP contribution in [-0.2, 0) is 13.0 Å². The number of anilines is 1. The summed E-state index contributed by atoms with van der Waals surface area (Å²) >= 11 is 12.3. The van der Waals surface area contributed by atoms with Crippen molar-refractivity contribution in [2.45, 2.75) is 36.9 Å². The van der Waals surface area contributed by atoms with E-state index in [1.54, 1.807) is 30.6 Å². The van der Waals surface area contributed by atoms with Crippen LogP contribution in [0.15, 0.2) is 33.8 Å². The van der Waals surface area contributed by atoms with Crippen LogP contribution in [0.5, 0.6) is 0 Å². The summed E-state index contributed by atoms with van der Waals surface area (Å²) in [5.74, 6) is 0.829. The smallest absolute Gasteiger partial charge is 0.131 e. The molecule has 0 aromatic carbocycles. The third-order valence-electron chi connectivity index (χ3n) is 3.73. The average Bonchev–Trinajstić information content (AvgIpc) is 3.15. The van der Waals surface area contributed by atoms with Crippen LogP contribution in [0.2, 0.25) is 5.15 Å². The number of thiophene rings is 1. The fraction of sp³-hybridized carbons (Fsp3) is 0.312. The Morgan fingerprint density at radius 2 is 2.33 bits per heavy atom. The summed E-state index contributed by atoms with van der Waals surface area (Å²) in [7, 11) is 0. The number of pyridine rings is 1. The lowest BCUT2D eigenvalue weighted by atomic mass is 10.1. The number of aliphatic hydroxyl groups excluding tert-OH is 1. The molecule has 3 aromatic rings. The number of nitrogens with two attached hydrogens (primary N) is 1. The molecule has 5 nitrogen and oxygen atoms in total. The molecule has 0 aliphatic heterocycles. The van der Waals surface area contributed by atoms with Crippen molar-refractivity contribution < 1.29 is 9.52 Å². The van der Waals surface area contributed by atoms with Crippen LogP contribution >= 0.6 is 35.6 Å². The zero-order chi connectivity index (χ0) is 17.3. The van der Waals surface area contributed by atoms with Crippen LogP contribution in [0.1, 0.15) is 17.6 Å². The summed E-state index contributed by atoms with van der Waals surface area (Å²) in [5, 5.41) is 13.3. The second-order valence-electron chi connectivity index (χ2n) is 5.59. The Labute approximate surface area is 154 Å². The number of aliphatic hydroxyl groups is 1. The number of hydrogen-bond acceptors (Lipinski definition) is 7. The van der Waals surface area contributed by atoms with E-state index < -0.39 is 6.10 Å². The van der Waals surface area contributed by atoms with Gasteiger partial charge in [-0.1, -0.05) is 11.6 Å². The standard InChI is InChI=1S/C16H18ClN3O2S2/c1-8(21)10(18)5-12-15(23)14-16(24-12)11(6-13(17)20-14)19-7-9-3-2-4-22-9/h2-4,6,8,10,21,23H,5,7,18H2,1H3,(H,19,20)/t8-,10-/m1/s1. The molecule has 0 unspecified atom stereocenters. The van der Waals surface area contributed by atoms with Gasteiger partial charge < -0.3 is 20.6 Å². The molecule has 128 valence electrons. The number of furan rings is 1. The molecular weight excluding hydrogens is 366 g/mol. The van der Waals surface area contributed by atoms with Crippen molar-refractivity contribution in [3.05, 3.63) is 40.3 Å². The lowest BCUT2D eigenvalue weighted by molar-refractivity contribution is 0.163. The molecule has 3 heterocycles. The number of thiol groups is 1. The minimum Gasteiger partial charge on any atom is -0.467 e. The quantitative estimate of drug-likeness (QED) is 0.385. The van der Waals surface area contributed by atoms with Crippen molar-refractivity contribution in [1.82, 2.24) is 4.98 Å². The highest BCUT2D eigenvalue weighted by molar-refractivity contribution is 7.80. The van der Waals surface area contributed by atoms with Crippen LogP contribution in [0.3, 0.4) is 0 Å². The van der Waals surface area contributed by atoms with Gasteiger partial charge >= 0.3 is 0 Å². The van der Waals surface area contributed by atoms with Crippen LogP contribution in [0, 0.1) is 0 Å². The average molecular weight is 384 g/mol. The van der Waals surface area contributed by atoms with E-state index in [2.05, 4.69) is 22.9 Å². The van der Waals surface area contributed by atoms with Gasteiger partial charge in [0.05, 0.1) is 34.8 Å². The van der Waals surface area contributed by atoms with Gasteiger partial charge in [0.15, 0.2) is 0 Å². The highest BCUT2D eigenvalue weighted by atomic mass is 35.5. The van der Waals surface area contributed by atoms with Crippen LogP contribution in [0.25, 0.3) is 10.2 Å². The first-order valence-electron chi connectivity index (χ1n) is 7.46. The van der Waals surface area contributed by atoms with Gasteiger partial charge in [-0.05, 0) is 19.1 Å². The predicted octanol–water partition coefficient (Wildman–Crippen LogP) is 3.69. The Hall–Kier alpha value is -1.25. The number of fused-ring (bicyclic) bond motifs is 1. The molecule has 24 heavy (non-hydrogen) atoms. The Bertz CT molecular complexity index is 834. The normalized spacial score (nSPS) is 14.0. The molecule has 0 saturated heterocycles. The Kier molecular flexibility index (Phi) is 5.36. The number of halogens is 1. The maximum atomic E-state index is 9.63. The van der Waals surface area contributed by atoms with Crippen molar-refractivity contribution in [2.24, 2.45) is 5.73 Å². The summed E-state index contributed by atoms with van der Waals surface area (Å²) in [6.07, 6.45) is 1.59. The third kappa shape index (κ3) is 3.70. The maximum absolute atomic E-state index is 9.63. The number of hydrogen-bond donors (Lipinski definition) is 4. The lowest BCUT2D eigenvalue weighted by Crippen LogP contribution is -2.34. The molecule has 3 aromatic heterocycles. The molecule has 0 radical (unpaired) electrons. The van der Waals surface area contributed by atoms with E-state index in [0.29, 0.717) is 18.1 Å². The first kappa shape index (κ1) is 17.6. The predicted molar refractivity (Wildman–Crippen MR) is 101 cm³/mol. The highest BCUT2D eigenvalue weighted by Gasteiger charge is 2.19. The van der Waals surface area contributed by atoms with E-state index >= 15 is 0 Å². The van der Waals surface area contributed by atoms with E-state index in [-0.39, 0.29) is 6.04 Å². The molecule has 0 spiro atoms. The van der Waals surface area contributed by atoms with Gasteiger partial charge in [-0.3, -0.25) is 0 Å². The summed E-state index contributed by atoms with van der Waals surface area (Å²) in [6.45, 7) is 2.23. The van der Waals surface area contributed by atoms with Crippen molar-refractivity contribution in [3.8, 4) is 0 Å². The molecule has 8 heteroatoms. The molecule has 3 rings (SSSR count). The lowest BCUT2D eigenvalue weighted by Gasteiger charge is -2.13. The minimum atomic E-state index is -0.587. The van der Waals surface area contributed by atoms with Crippen molar-refractivity contribution in [3.63, 3.8) is 0 Å². The SMILES string of the molecule is C[C@@H](O)[C@H](N)Cc1sc2c(NCc3ccco3)cc(Cl)nc2c1S. The van der Waals surface area contributed by atoms with E-state index in [9.17, 15) is 5.11 Å². The number of nitrogens with one attached hydrogen (secondary N) is 1. The van der Waals surface area contributed by atoms with Gasteiger partial charge in [0, 0.05) is 28.3 Å². The Morgan fingerprint density at radius 3 is 3.00 bits per heavy atom. The van der Waals surface area contributed by atoms with Crippen molar-refractivity contribution in [2.75, 3.05) is 5.32 Å². The topological polar surface area (TPSA) is 84.3 Å². The number of rotatable bonds is 6. The molecule has 4 N–H and O–H groups in total. The monoisotopic (exact) mass is 383 g/mol. The van der Waals surface area contributed by atoms with Gasteiger partial charge in [0.25, 0.3) is 0 Å². The molecular formula is C16H18ClN3O2S2. The van der Waals surface area contributed by atoms with Gasteiger partial charge in [-0.15, -0.1) is 24.0 Å². The molecule has 2 atom stereocenters. The molecule has 0 amide bonds. The van der Waals surface area contributed by atoms with Crippen molar-refractivity contribution >= 4 is 51.5 Å². The van der Waals surface area contributed by atoms with Gasteiger partial charge in [-0.2, -0.15) is 0 Å². The second-order valence-corrected chi connectivity index (χ2v) is 7.53. The van der Waals surface area contributed by atoms with Crippen LogP contribution in [-0.4, -0.2) is 22.2 Å². The maximum Gasteiger partial charge on any atom is 0.131 e. The van der Waals surface area contributed by atoms with E-state index in [4.69, 9.17) is 21.8 Å². The third-order valence-corrected chi connectivity index (χ3v) is 5.79. The first-order chi connectivity index (χ1) is 11.5. The fourth-order valence-corrected chi connectivity index (χ4v) is 4.18. The van der Waals surface area contributed by atoms with Crippen LogP contribution in [0.4, 0.5) is 5.69 Å². The molecule has 0 aliphatic carbocycles. The van der Waals surface area contributed by atoms with Gasteiger partial charge in [0.2, 0.25) is 0 Å². The van der Waals surface area contributed by atoms with Gasteiger partial charge in [-0.25, -0.2) is 4.98 Å². The molecule has 0 fully saturated rings. The molecule has 0 bridgehead atoms. The number of aromatic nitrogens is 1.